The summed E-state index contributed by atoms with van der Waals surface area (Å²) in [5.41, 5.74) is 2.74. The third-order valence-electron chi connectivity index (χ3n) is 4.80. The van der Waals surface area contributed by atoms with E-state index in [1.54, 1.807) is 17.2 Å². The summed E-state index contributed by atoms with van der Waals surface area (Å²) in [4.78, 5) is 27.3. The van der Waals surface area contributed by atoms with Crippen molar-refractivity contribution in [2.45, 2.75) is 26.4 Å². The van der Waals surface area contributed by atoms with Gasteiger partial charge < -0.3 is 10.0 Å². The molecule has 1 amide bonds. The molecule has 9 nitrogen and oxygen atoms in total. The van der Waals surface area contributed by atoms with Gasteiger partial charge in [-0.1, -0.05) is 0 Å². The monoisotopic (exact) mass is 360 g/mol. The number of amides is 1. The molecule has 2 aromatic heterocycles. The molecule has 26 heavy (non-hydrogen) atoms. The minimum absolute atomic E-state index is 0.0122. The zero-order valence-electron chi connectivity index (χ0n) is 15.1. The number of aromatic nitrogens is 4. The largest absolute Gasteiger partial charge is 0.481 e. The molecule has 3 heterocycles. The van der Waals surface area contributed by atoms with E-state index in [0.717, 1.165) is 25.3 Å². The summed E-state index contributed by atoms with van der Waals surface area (Å²) in [5.74, 6) is -0.982. The fourth-order valence-electron chi connectivity index (χ4n) is 3.02. The summed E-state index contributed by atoms with van der Waals surface area (Å²) in [5, 5.41) is 17.2. The SMILES string of the molecule is Cc1c(CN2CCN(C(=O)c3ccn(CCC(=O)O)n3)CC2)cnn1C. The van der Waals surface area contributed by atoms with E-state index < -0.39 is 5.97 Å². The number of piperazine rings is 1. The van der Waals surface area contributed by atoms with Crippen LogP contribution in [0.1, 0.15) is 28.2 Å². The van der Waals surface area contributed by atoms with E-state index >= 15 is 0 Å². The van der Waals surface area contributed by atoms with Crippen molar-refractivity contribution in [3.8, 4) is 0 Å². The number of carboxylic acid groups (broad SMARTS) is 1. The molecule has 140 valence electrons. The molecule has 1 fully saturated rings. The van der Waals surface area contributed by atoms with Crippen LogP contribution in [-0.2, 0) is 24.9 Å². The van der Waals surface area contributed by atoms with Gasteiger partial charge in [-0.3, -0.25) is 23.9 Å². The van der Waals surface area contributed by atoms with Crippen LogP contribution in [0.4, 0.5) is 0 Å². The Morgan fingerprint density at radius 1 is 1.23 bits per heavy atom. The fourth-order valence-corrected chi connectivity index (χ4v) is 3.02. The van der Waals surface area contributed by atoms with Crippen molar-refractivity contribution in [2.24, 2.45) is 7.05 Å². The Hall–Kier alpha value is -2.68. The van der Waals surface area contributed by atoms with Crippen LogP contribution in [0, 0.1) is 6.92 Å². The van der Waals surface area contributed by atoms with Crippen LogP contribution in [-0.4, -0.2) is 72.5 Å². The van der Waals surface area contributed by atoms with Crippen molar-refractivity contribution in [1.82, 2.24) is 29.4 Å². The number of aryl methyl sites for hydroxylation is 2. The van der Waals surface area contributed by atoms with Gasteiger partial charge in [-0.05, 0) is 13.0 Å². The van der Waals surface area contributed by atoms with Crippen LogP contribution < -0.4 is 0 Å². The summed E-state index contributed by atoms with van der Waals surface area (Å²) in [6, 6.07) is 1.65. The standard InChI is InChI=1S/C17H24N6O3/c1-13-14(11-18-20(13)2)12-21-7-9-22(10-8-21)17(26)15-3-5-23(19-15)6-4-16(24)25/h3,5,11H,4,6-10,12H2,1-2H3,(H,24,25). The average molecular weight is 360 g/mol. The highest BCUT2D eigenvalue weighted by Gasteiger charge is 2.24. The summed E-state index contributed by atoms with van der Waals surface area (Å²) in [6.45, 7) is 6.08. The maximum atomic E-state index is 12.6. The molecule has 0 spiro atoms. The van der Waals surface area contributed by atoms with Gasteiger partial charge in [0.25, 0.3) is 5.91 Å². The number of hydrogen-bond acceptors (Lipinski definition) is 5. The Kier molecular flexibility index (Phi) is 5.36. The maximum absolute atomic E-state index is 12.6. The molecule has 0 unspecified atom stereocenters. The number of nitrogens with zero attached hydrogens (tertiary/aromatic N) is 6. The van der Waals surface area contributed by atoms with Gasteiger partial charge in [0.15, 0.2) is 0 Å². The van der Waals surface area contributed by atoms with Gasteiger partial charge in [0.05, 0.1) is 19.2 Å². The van der Waals surface area contributed by atoms with E-state index in [-0.39, 0.29) is 18.9 Å². The normalized spacial score (nSPS) is 15.4. The number of carbonyl (C=O) groups excluding carboxylic acids is 1. The zero-order valence-corrected chi connectivity index (χ0v) is 15.1. The molecule has 0 saturated carbocycles. The molecule has 3 rings (SSSR count). The molecule has 0 aliphatic carbocycles. The molecule has 0 aromatic carbocycles. The quantitative estimate of drug-likeness (QED) is 0.799. The van der Waals surface area contributed by atoms with Crippen molar-refractivity contribution < 1.29 is 14.7 Å². The molecule has 9 heteroatoms. The fraction of sp³-hybridized carbons (Fsp3) is 0.529. The van der Waals surface area contributed by atoms with Gasteiger partial charge in [-0.15, -0.1) is 0 Å². The van der Waals surface area contributed by atoms with Crippen molar-refractivity contribution in [3.05, 3.63) is 35.4 Å². The molecule has 1 aliphatic heterocycles. The highest BCUT2D eigenvalue weighted by Crippen LogP contribution is 2.13. The Morgan fingerprint density at radius 2 is 1.96 bits per heavy atom. The Labute approximate surface area is 151 Å². The number of carbonyl (C=O) groups is 2. The van der Waals surface area contributed by atoms with Crippen molar-refractivity contribution in [1.29, 1.82) is 0 Å². The molecule has 0 atom stereocenters. The highest BCUT2D eigenvalue weighted by molar-refractivity contribution is 5.92. The molecule has 1 saturated heterocycles. The van der Waals surface area contributed by atoms with Crippen molar-refractivity contribution in [2.75, 3.05) is 26.2 Å². The molecule has 2 aromatic rings. The first kappa shape index (κ1) is 18.1. The first-order valence-electron chi connectivity index (χ1n) is 8.68. The number of aliphatic carboxylic acids is 1. The maximum Gasteiger partial charge on any atom is 0.305 e. The van der Waals surface area contributed by atoms with Crippen LogP contribution in [0.15, 0.2) is 18.5 Å². The van der Waals surface area contributed by atoms with Gasteiger partial charge in [0.2, 0.25) is 0 Å². The minimum Gasteiger partial charge on any atom is -0.481 e. The predicted molar refractivity (Wildman–Crippen MR) is 93.6 cm³/mol. The molecule has 0 radical (unpaired) electrons. The minimum atomic E-state index is -0.881. The van der Waals surface area contributed by atoms with E-state index in [1.807, 2.05) is 17.9 Å². The summed E-state index contributed by atoms with van der Waals surface area (Å²) < 4.78 is 3.37. The Morgan fingerprint density at radius 3 is 2.58 bits per heavy atom. The van der Waals surface area contributed by atoms with E-state index in [4.69, 9.17) is 5.11 Å². The first-order valence-corrected chi connectivity index (χ1v) is 8.68. The smallest absolute Gasteiger partial charge is 0.305 e. The first-order chi connectivity index (χ1) is 12.4. The third kappa shape index (κ3) is 4.10. The molecular weight excluding hydrogens is 336 g/mol. The second kappa shape index (κ2) is 7.69. The molecule has 1 N–H and O–H groups in total. The Bertz CT molecular complexity index is 788. The Balaban J connectivity index is 1.52. The van der Waals surface area contributed by atoms with E-state index in [0.29, 0.717) is 18.8 Å². The van der Waals surface area contributed by atoms with Gasteiger partial charge in [0, 0.05) is 57.2 Å². The summed E-state index contributed by atoms with van der Waals surface area (Å²) in [7, 11) is 1.94. The number of hydrogen-bond donors (Lipinski definition) is 1. The van der Waals surface area contributed by atoms with Gasteiger partial charge >= 0.3 is 5.97 Å². The second-order valence-electron chi connectivity index (χ2n) is 6.55. The lowest BCUT2D eigenvalue weighted by atomic mass is 10.2. The van der Waals surface area contributed by atoms with Crippen LogP contribution in [0.5, 0.6) is 0 Å². The number of rotatable bonds is 6. The number of carboxylic acids is 1. The lowest BCUT2D eigenvalue weighted by molar-refractivity contribution is -0.137. The summed E-state index contributed by atoms with van der Waals surface area (Å²) >= 11 is 0. The van der Waals surface area contributed by atoms with E-state index in [9.17, 15) is 9.59 Å². The van der Waals surface area contributed by atoms with Gasteiger partial charge in [-0.2, -0.15) is 10.2 Å². The van der Waals surface area contributed by atoms with Gasteiger partial charge in [0.1, 0.15) is 5.69 Å². The van der Waals surface area contributed by atoms with Crippen LogP contribution >= 0.6 is 0 Å². The predicted octanol–water partition coefficient (Wildman–Crippen LogP) is 0.358. The average Bonchev–Trinajstić information content (AvgIpc) is 3.22. The molecule has 0 bridgehead atoms. The van der Waals surface area contributed by atoms with E-state index in [2.05, 4.69) is 22.0 Å². The van der Waals surface area contributed by atoms with Crippen LogP contribution in [0.25, 0.3) is 0 Å². The topological polar surface area (TPSA) is 96.5 Å². The zero-order chi connectivity index (χ0) is 18.7. The van der Waals surface area contributed by atoms with Crippen molar-refractivity contribution >= 4 is 11.9 Å². The molecule has 1 aliphatic rings. The lowest BCUT2D eigenvalue weighted by Crippen LogP contribution is -2.48. The molecular formula is C17H24N6O3. The lowest BCUT2D eigenvalue weighted by Gasteiger charge is -2.34. The second-order valence-corrected chi connectivity index (χ2v) is 6.55. The van der Waals surface area contributed by atoms with Crippen LogP contribution in [0.3, 0.4) is 0 Å². The van der Waals surface area contributed by atoms with E-state index in [1.165, 1.54) is 10.2 Å². The van der Waals surface area contributed by atoms with Crippen molar-refractivity contribution in [3.63, 3.8) is 0 Å². The van der Waals surface area contributed by atoms with Crippen LogP contribution in [0.2, 0.25) is 0 Å². The van der Waals surface area contributed by atoms with Gasteiger partial charge in [-0.25, -0.2) is 0 Å². The highest BCUT2D eigenvalue weighted by atomic mass is 16.4. The summed E-state index contributed by atoms with van der Waals surface area (Å²) in [6.07, 6.45) is 3.54. The third-order valence-corrected chi connectivity index (χ3v) is 4.80.